The zero-order valence-corrected chi connectivity index (χ0v) is 15.8. The maximum Gasteiger partial charge on any atom is 0.295 e. The number of amides is 1. The highest BCUT2D eigenvalue weighted by Gasteiger charge is 2.46. The lowest BCUT2D eigenvalue weighted by Gasteiger charge is -2.24. The van der Waals surface area contributed by atoms with E-state index in [4.69, 9.17) is 9.47 Å². The van der Waals surface area contributed by atoms with Crippen LogP contribution in [0.3, 0.4) is 0 Å². The number of aliphatic hydroxyl groups is 1. The van der Waals surface area contributed by atoms with Gasteiger partial charge in [0, 0.05) is 32.0 Å². The number of Topliss-reactive ketones (excluding diaryl/α,β-unsaturated/α-hetero) is 1. The van der Waals surface area contributed by atoms with E-state index in [1.54, 1.807) is 55.8 Å². The van der Waals surface area contributed by atoms with Crippen LogP contribution in [-0.4, -0.2) is 54.1 Å². The van der Waals surface area contributed by atoms with Crippen molar-refractivity contribution in [3.8, 4) is 5.75 Å². The molecule has 1 aromatic heterocycles. The number of aromatic nitrogens is 1. The SMILES string of the molecule is COCCCN1C(=O)C(=O)/C(=C(\O)c2cccc(OC)c2)C1c1ccccn1. The molecule has 1 aliphatic heterocycles. The summed E-state index contributed by atoms with van der Waals surface area (Å²) in [5, 5.41) is 10.9. The largest absolute Gasteiger partial charge is 0.507 e. The highest BCUT2D eigenvalue weighted by Crippen LogP contribution is 2.38. The summed E-state index contributed by atoms with van der Waals surface area (Å²) in [6.45, 7) is 0.766. The molecule has 0 radical (unpaired) electrons. The number of likely N-dealkylation sites (tertiary alicyclic amines) is 1. The van der Waals surface area contributed by atoms with E-state index in [2.05, 4.69) is 4.98 Å². The van der Waals surface area contributed by atoms with Crippen LogP contribution in [-0.2, 0) is 14.3 Å². The maximum atomic E-state index is 12.8. The Labute approximate surface area is 163 Å². The van der Waals surface area contributed by atoms with Crippen LogP contribution in [0.5, 0.6) is 5.75 Å². The van der Waals surface area contributed by atoms with Crippen molar-refractivity contribution in [1.29, 1.82) is 0 Å². The zero-order chi connectivity index (χ0) is 20.1. The standard InChI is InChI=1S/C21H22N2O5/c1-27-12-6-11-23-18(16-9-3-4-10-22-16)17(20(25)21(23)26)19(24)14-7-5-8-15(13-14)28-2/h3-5,7-10,13,18,24H,6,11-12H2,1-2H3/b19-17-. The van der Waals surface area contributed by atoms with Gasteiger partial charge in [-0.2, -0.15) is 0 Å². The predicted molar refractivity (Wildman–Crippen MR) is 103 cm³/mol. The van der Waals surface area contributed by atoms with Gasteiger partial charge in [0.1, 0.15) is 17.6 Å². The van der Waals surface area contributed by atoms with E-state index >= 15 is 0 Å². The number of carbonyl (C=O) groups is 2. The molecule has 2 aromatic rings. The van der Waals surface area contributed by atoms with Crippen LogP contribution >= 0.6 is 0 Å². The Morgan fingerprint density at radius 1 is 1.18 bits per heavy atom. The quantitative estimate of drug-likeness (QED) is 0.343. The van der Waals surface area contributed by atoms with Crippen molar-refractivity contribution in [2.75, 3.05) is 27.4 Å². The number of ketones is 1. The van der Waals surface area contributed by atoms with E-state index in [0.29, 0.717) is 36.6 Å². The molecular formula is C21H22N2O5. The van der Waals surface area contributed by atoms with Crippen molar-refractivity contribution in [1.82, 2.24) is 9.88 Å². The Hall–Kier alpha value is -3.19. The molecule has 0 aliphatic carbocycles. The van der Waals surface area contributed by atoms with E-state index < -0.39 is 17.7 Å². The molecule has 3 rings (SSSR count). The van der Waals surface area contributed by atoms with Crippen molar-refractivity contribution in [3.05, 3.63) is 65.5 Å². The van der Waals surface area contributed by atoms with E-state index in [1.807, 2.05) is 0 Å². The molecule has 1 fully saturated rings. The molecule has 1 amide bonds. The van der Waals surface area contributed by atoms with E-state index in [0.717, 1.165) is 0 Å². The fourth-order valence-electron chi connectivity index (χ4n) is 3.26. The molecule has 1 saturated heterocycles. The number of rotatable bonds is 7. The molecule has 1 aromatic carbocycles. The van der Waals surface area contributed by atoms with Crippen LogP contribution in [0.2, 0.25) is 0 Å². The first-order chi connectivity index (χ1) is 13.6. The molecule has 1 unspecified atom stereocenters. The molecule has 0 spiro atoms. The van der Waals surface area contributed by atoms with Crippen molar-refractivity contribution >= 4 is 17.4 Å². The number of aliphatic hydroxyl groups excluding tert-OH is 1. The number of carbonyl (C=O) groups excluding carboxylic acids is 2. The second-order valence-electron chi connectivity index (χ2n) is 6.33. The minimum absolute atomic E-state index is 0.0226. The summed E-state index contributed by atoms with van der Waals surface area (Å²) >= 11 is 0. The lowest BCUT2D eigenvalue weighted by Crippen LogP contribution is -2.31. The third-order valence-corrected chi connectivity index (χ3v) is 4.60. The van der Waals surface area contributed by atoms with Gasteiger partial charge in [-0.25, -0.2) is 0 Å². The first-order valence-corrected chi connectivity index (χ1v) is 8.91. The van der Waals surface area contributed by atoms with Gasteiger partial charge in [-0.15, -0.1) is 0 Å². The van der Waals surface area contributed by atoms with Gasteiger partial charge in [-0.1, -0.05) is 18.2 Å². The number of methoxy groups -OCH3 is 2. The summed E-state index contributed by atoms with van der Waals surface area (Å²) in [7, 11) is 3.09. The van der Waals surface area contributed by atoms with Gasteiger partial charge in [0.05, 0.1) is 18.4 Å². The van der Waals surface area contributed by atoms with Crippen molar-refractivity contribution in [3.63, 3.8) is 0 Å². The highest BCUT2D eigenvalue weighted by molar-refractivity contribution is 6.46. The molecule has 1 N–H and O–H groups in total. The third-order valence-electron chi connectivity index (χ3n) is 4.60. The number of hydrogen-bond acceptors (Lipinski definition) is 6. The normalized spacial score (nSPS) is 18.5. The molecule has 146 valence electrons. The van der Waals surface area contributed by atoms with Gasteiger partial charge in [0.15, 0.2) is 0 Å². The topological polar surface area (TPSA) is 89.0 Å². The number of hydrogen-bond donors (Lipinski definition) is 1. The highest BCUT2D eigenvalue weighted by atomic mass is 16.5. The fraction of sp³-hybridized carbons (Fsp3) is 0.286. The van der Waals surface area contributed by atoms with Crippen molar-refractivity contribution in [2.45, 2.75) is 12.5 Å². The van der Waals surface area contributed by atoms with Gasteiger partial charge >= 0.3 is 0 Å². The Morgan fingerprint density at radius 2 is 2.00 bits per heavy atom. The maximum absolute atomic E-state index is 12.8. The molecule has 1 atom stereocenters. The minimum atomic E-state index is -0.760. The van der Waals surface area contributed by atoms with Crippen molar-refractivity contribution < 1.29 is 24.2 Å². The smallest absolute Gasteiger partial charge is 0.295 e. The number of ether oxygens (including phenoxy) is 2. The van der Waals surface area contributed by atoms with Gasteiger partial charge in [0.2, 0.25) is 0 Å². The molecule has 1 aliphatic rings. The molecular weight excluding hydrogens is 360 g/mol. The number of nitrogens with zero attached hydrogens (tertiary/aromatic N) is 2. The monoisotopic (exact) mass is 382 g/mol. The molecule has 7 heteroatoms. The fourth-order valence-corrected chi connectivity index (χ4v) is 3.26. The van der Waals surface area contributed by atoms with Crippen LogP contribution in [0.4, 0.5) is 0 Å². The van der Waals surface area contributed by atoms with Crippen LogP contribution in [0.1, 0.15) is 23.7 Å². The van der Waals surface area contributed by atoms with Crippen LogP contribution in [0.25, 0.3) is 5.76 Å². The molecule has 28 heavy (non-hydrogen) atoms. The summed E-state index contributed by atoms with van der Waals surface area (Å²) < 4.78 is 10.3. The Morgan fingerprint density at radius 3 is 2.68 bits per heavy atom. The Bertz CT molecular complexity index is 895. The Kier molecular flexibility index (Phi) is 6.06. The van der Waals surface area contributed by atoms with Gasteiger partial charge in [-0.3, -0.25) is 14.6 Å². The first kappa shape index (κ1) is 19.6. The second-order valence-corrected chi connectivity index (χ2v) is 6.33. The number of pyridine rings is 1. The number of benzene rings is 1. The van der Waals surface area contributed by atoms with Gasteiger partial charge in [0.25, 0.3) is 11.7 Å². The summed E-state index contributed by atoms with van der Waals surface area (Å²) in [6, 6.07) is 11.2. The Balaban J connectivity index is 2.10. The van der Waals surface area contributed by atoms with Crippen LogP contribution in [0, 0.1) is 0 Å². The summed E-state index contributed by atoms with van der Waals surface area (Å²) in [6.07, 6.45) is 2.15. The first-order valence-electron chi connectivity index (χ1n) is 8.91. The van der Waals surface area contributed by atoms with Gasteiger partial charge < -0.3 is 19.5 Å². The lowest BCUT2D eigenvalue weighted by molar-refractivity contribution is -0.140. The zero-order valence-electron chi connectivity index (χ0n) is 15.8. The van der Waals surface area contributed by atoms with Crippen LogP contribution in [0.15, 0.2) is 54.2 Å². The minimum Gasteiger partial charge on any atom is -0.507 e. The predicted octanol–water partition coefficient (Wildman–Crippen LogP) is 2.55. The molecule has 7 nitrogen and oxygen atoms in total. The van der Waals surface area contributed by atoms with E-state index in [1.165, 1.54) is 12.0 Å². The average molecular weight is 382 g/mol. The van der Waals surface area contributed by atoms with E-state index in [-0.39, 0.29) is 11.3 Å². The summed E-state index contributed by atoms with van der Waals surface area (Å²) in [5.41, 5.74) is 0.938. The molecule has 0 bridgehead atoms. The summed E-state index contributed by atoms with van der Waals surface area (Å²) in [5.74, 6) is -1.10. The van der Waals surface area contributed by atoms with Crippen LogP contribution < -0.4 is 4.74 Å². The summed E-state index contributed by atoms with van der Waals surface area (Å²) in [4.78, 5) is 31.3. The second kappa shape index (κ2) is 8.67. The van der Waals surface area contributed by atoms with E-state index in [9.17, 15) is 14.7 Å². The molecule has 0 saturated carbocycles. The van der Waals surface area contributed by atoms with Gasteiger partial charge in [-0.05, 0) is 30.7 Å². The average Bonchev–Trinajstić information content (AvgIpc) is 2.99. The van der Waals surface area contributed by atoms with Crippen molar-refractivity contribution in [2.24, 2.45) is 0 Å². The third kappa shape index (κ3) is 3.75. The lowest BCUT2D eigenvalue weighted by atomic mass is 9.98. The molecule has 2 heterocycles.